The summed E-state index contributed by atoms with van der Waals surface area (Å²) in [6.07, 6.45) is 3.75. The number of benzene rings is 2. The van der Waals surface area contributed by atoms with Crippen molar-refractivity contribution in [1.82, 2.24) is 20.5 Å². The van der Waals surface area contributed by atoms with Crippen molar-refractivity contribution in [2.45, 2.75) is 49.0 Å². The van der Waals surface area contributed by atoms with Crippen LogP contribution < -0.4 is 20.3 Å². The van der Waals surface area contributed by atoms with Crippen LogP contribution >= 0.6 is 11.8 Å². The van der Waals surface area contributed by atoms with Gasteiger partial charge in [-0.15, -0.1) is 0 Å². The zero-order chi connectivity index (χ0) is 26.4. The van der Waals surface area contributed by atoms with E-state index >= 15 is 0 Å². The van der Waals surface area contributed by atoms with Gasteiger partial charge in [-0.3, -0.25) is 9.69 Å². The van der Waals surface area contributed by atoms with Gasteiger partial charge in [-0.25, -0.2) is 9.78 Å². The van der Waals surface area contributed by atoms with E-state index in [1.165, 1.54) is 11.8 Å². The molecule has 196 valence electrons. The van der Waals surface area contributed by atoms with Gasteiger partial charge in [0.15, 0.2) is 0 Å². The van der Waals surface area contributed by atoms with Crippen LogP contribution in [0.3, 0.4) is 0 Å². The number of rotatable bonds is 5. The van der Waals surface area contributed by atoms with Crippen molar-refractivity contribution in [1.29, 1.82) is 0 Å². The molecule has 3 aliphatic rings. The second-order valence-corrected chi connectivity index (χ2v) is 11.3. The van der Waals surface area contributed by atoms with Crippen LogP contribution in [0.5, 0.6) is 11.5 Å². The Morgan fingerprint density at radius 1 is 1.11 bits per heavy atom. The van der Waals surface area contributed by atoms with Gasteiger partial charge in [0.2, 0.25) is 5.91 Å². The largest absolute Gasteiger partial charge is 0.457 e. The Morgan fingerprint density at radius 3 is 2.71 bits per heavy atom. The molecule has 3 aromatic rings. The molecule has 0 aliphatic carbocycles. The minimum absolute atomic E-state index is 0.0487. The van der Waals surface area contributed by atoms with Gasteiger partial charge in [0, 0.05) is 24.3 Å². The number of pyridine rings is 1. The topological polar surface area (TPSA) is 86.8 Å². The van der Waals surface area contributed by atoms with E-state index < -0.39 is 11.3 Å². The number of urea groups is 1. The molecule has 3 aliphatic heterocycles. The zero-order valence-electron chi connectivity index (χ0n) is 21.7. The lowest BCUT2D eigenvalue weighted by Gasteiger charge is -2.36. The number of nitrogens with zero attached hydrogens (tertiary/aromatic N) is 3. The monoisotopic (exact) mass is 529 g/mol. The Bertz CT molecular complexity index is 1400. The molecule has 2 N–H and O–H groups in total. The van der Waals surface area contributed by atoms with Crippen molar-refractivity contribution >= 4 is 35.1 Å². The SMILES string of the molecule is Cc1c(Oc2ccccc2)ccc(N2C(=O)NC3c4c2ccnc4S[C@H]3C(=O)NC2CCCN(C)C2)c1C. The number of hydrogen-bond acceptors (Lipinski definition) is 6. The Morgan fingerprint density at radius 2 is 1.92 bits per heavy atom. The third-order valence-corrected chi connectivity index (χ3v) is 8.94. The average Bonchev–Trinajstić information content (AvgIpc) is 3.28. The van der Waals surface area contributed by atoms with Gasteiger partial charge in [-0.2, -0.15) is 0 Å². The third kappa shape index (κ3) is 4.39. The highest BCUT2D eigenvalue weighted by atomic mass is 32.2. The first-order valence-corrected chi connectivity index (χ1v) is 13.9. The molecular weight excluding hydrogens is 498 g/mol. The first-order chi connectivity index (χ1) is 18.4. The van der Waals surface area contributed by atoms with Crippen LogP contribution in [0.15, 0.2) is 59.8 Å². The first kappa shape index (κ1) is 24.8. The number of nitrogens with one attached hydrogen (secondary N) is 2. The van der Waals surface area contributed by atoms with E-state index in [0.717, 1.165) is 70.5 Å². The Balaban J connectivity index is 1.29. The lowest BCUT2D eigenvalue weighted by molar-refractivity contribution is -0.122. The number of hydrogen-bond donors (Lipinski definition) is 2. The molecule has 1 aromatic heterocycles. The van der Waals surface area contributed by atoms with Gasteiger partial charge >= 0.3 is 6.03 Å². The number of likely N-dealkylation sites (N-methyl/N-ethyl adjacent to an activating group) is 1. The van der Waals surface area contributed by atoms with Gasteiger partial charge in [0.05, 0.1) is 17.4 Å². The predicted molar refractivity (Wildman–Crippen MR) is 148 cm³/mol. The molecule has 9 heteroatoms. The Kier molecular flexibility index (Phi) is 6.49. The van der Waals surface area contributed by atoms with Gasteiger partial charge in [-0.1, -0.05) is 30.0 Å². The number of amides is 3. The summed E-state index contributed by atoms with van der Waals surface area (Å²) in [5.74, 6) is 1.45. The van der Waals surface area contributed by atoms with Crippen molar-refractivity contribution in [3.8, 4) is 11.5 Å². The number of thioether (sulfide) groups is 1. The molecule has 2 unspecified atom stereocenters. The molecule has 2 aromatic carbocycles. The third-order valence-electron chi connectivity index (χ3n) is 7.66. The summed E-state index contributed by atoms with van der Waals surface area (Å²) in [6, 6.07) is 14.8. The minimum Gasteiger partial charge on any atom is -0.457 e. The fourth-order valence-electron chi connectivity index (χ4n) is 5.58. The zero-order valence-corrected chi connectivity index (χ0v) is 22.5. The fourth-order valence-corrected chi connectivity index (χ4v) is 6.82. The second kappa shape index (κ2) is 9.96. The average molecular weight is 530 g/mol. The summed E-state index contributed by atoms with van der Waals surface area (Å²) in [5, 5.41) is 6.68. The van der Waals surface area contributed by atoms with Crippen LogP contribution in [0.4, 0.5) is 16.2 Å². The number of carbonyl (C=O) groups is 2. The van der Waals surface area contributed by atoms with Crippen LogP contribution in [0.1, 0.15) is 35.6 Å². The van der Waals surface area contributed by atoms with E-state index in [4.69, 9.17) is 4.74 Å². The van der Waals surface area contributed by atoms with Crippen LogP contribution in [-0.4, -0.2) is 53.3 Å². The summed E-state index contributed by atoms with van der Waals surface area (Å²) < 4.78 is 6.10. The highest BCUT2D eigenvalue weighted by Gasteiger charge is 2.47. The second-order valence-electron chi connectivity index (χ2n) is 10.2. The molecule has 0 spiro atoms. The van der Waals surface area contributed by atoms with Crippen LogP contribution in [0, 0.1) is 13.8 Å². The number of carbonyl (C=O) groups excluding carboxylic acids is 2. The van der Waals surface area contributed by atoms with Crippen LogP contribution in [-0.2, 0) is 4.79 Å². The van der Waals surface area contributed by atoms with Crippen molar-refractivity contribution in [2.24, 2.45) is 0 Å². The minimum atomic E-state index is -0.457. The lowest BCUT2D eigenvalue weighted by atomic mass is 9.98. The molecule has 0 radical (unpaired) electrons. The fraction of sp³-hybridized carbons (Fsp3) is 0.345. The standard InChI is InChI=1S/C29H31N5O3S/c1-17-18(2)23(37-20-9-5-4-6-10-20)12-11-21(17)34-22-13-14-30-28-24(22)25(32-29(34)36)26(38-28)27(35)31-19-8-7-15-33(3)16-19/h4-6,9-14,19,25-26H,7-8,15-16H2,1-3H3,(H,31,35)(H,32,36)/t19?,25?,26-/m1/s1. The normalized spacial score (nSPS) is 22.6. The first-order valence-electron chi connectivity index (χ1n) is 13.0. The molecule has 4 heterocycles. The van der Waals surface area contributed by atoms with E-state index in [1.807, 2.05) is 62.4 Å². The van der Waals surface area contributed by atoms with E-state index in [0.29, 0.717) is 0 Å². The molecule has 1 saturated heterocycles. The molecule has 8 nitrogen and oxygen atoms in total. The summed E-state index contributed by atoms with van der Waals surface area (Å²) in [4.78, 5) is 35.5. The molecule has 0 saturated carbocycles. The quantitative estimate of drug-likeness (QED) is 0.480. The maximum atomic E-state index is 13.6. The van der Waals surface area contributed by atoms with Crippen molar-refractivity contribution in [2.75, 3.05) is 25.0 Å². The number of anilines is 2. The Labute approximate surface area is 226 Å². The number of para-hydroxylation sites is 1. The molecule has 3 atom stereocenters. The molecule has 1 fully saturated rings. The van der Waals surface area contributed by atoms with Crippen molar-refractivity contribution in [3.63, 3.8) is 0 Å². The van der Waals surface area contributed by atoms with E-state index in [2.05, 4.69) is 27.6 Å². The maximum Gasteiger partial charge on any atom is 0.327 e. The summed E-state index contributed by atoms with van der Waals surface area (Å²) >= 11 is 1.43. The van der Waals surface area contributed by atoms with Gasteiger partial charge in [-0.05, 0) is 81.7 Å². The van der Waals surface area contributed by atoms with Crippen molar-refractivity contribution < 1.29 is 14.3 Å². The highest BCUT2D eigenvalue weighted by Crippen LogP contribution is 2.51. The van der Waals surface area contributed by atoms with E-state index in [9.17, 15) is 9.59 Å². The number of ether oxygens (including phenoxy) is 1. The summed E-state index contributed by atoms with van der Waals surface area (Å²) in [6.45, 7) is 5.89. The summed E-state index contributed by atoms with van der Waals surface area (Å²) in [5.41, 5.74) is 4.34. The smallest absolute Gasteiger partial charge is 0.327 e. The molecule has 38 heavy (non-hydrogen) atoms. The van der Waals surface area contributed by atoms with Gasteiger partial charge in [0.1, 0.15) is 21.8 Å². The van der Waals surface area contributed by atoms with E-state index in [1.54, 1.807) is 11.1 Å². The van der Waals surface area contributed by atoms with Crippen LogP contribution in [0.25, 0.3) is 0 Å². The van der Waals surface area contributed by atoms with Gasteiger partial charge in [0.25, 0.3) is 0 Å². The van der Waals surface area contributed by atoms with Gasteiger partial charge < -0.3 is 20.3 Å². The molecule has 6 rings (SSSR count). The Hall–Kier alpha value is -3.56. The maximum absolute atomic E-state index is 13.6. The van der Waals surface area contributed by atoms with Crippen LogP contribution in [0.2, 0.25) is 0 Å². The lowest BCUT2D eigenvalue weighted by Crippen LogP contribution is -2.52. The number of piperidine rings is 1. The molecule has 3 amide bonds. The summed E-state index contributed by atoms with van der Waals surface area (Å²) in [7, 11) is 2.08. The number of likely N-dealkylation sites (tertiary alicyclic amines) is 1. The number of aromatic nitrogens is 1. The molecular formula is C29H31N5O3S. The highest BCUT2D eigenvalue weighted by molar-refractivity contribution is 8.01. The van der Waals surface area contributed by atoms with Crippen molar-refractivity contribution in [3.05, 3.63) is 71.4 Å². The van der Waals surface area contributed by atoms with E-state index in [-0.39, 0.29) is 18.0 Å². The predicted octanol–water partition coefficient (Wildman–Crippen LogP) is 5.08. The molecule has 0 bridgehead atoms.